The molecule has 2 aliphatic heterocycles. The fourth-order valence-electron chi connectivity index (χ4n) is 4.67. The van der Waals surface area contributed by atoms with Crippen LogP contribution < -0.4 is 10.1 Å². The Labute approximate surface area is 172 Å². The zero-order valence-corrected chi connectivity index (χ0v) is 17.7. The van der Waals surface area contributed by atoms with Gasteiger partial charge >= 0.3 is 0 Å². The zero-order chi connectivity index (χ0) is 20.8. The van der Waals surface area contributed by atoms with E-state index >= 15 is 0 Å². The second-order valence-electron chi connectivity index (χ2n) is 9.33. The minimum atomic E-state index is -0.803. The second-order valence-corrected chi connectivity index (χ2v) is 9.33. The number of hydrogen-bond donors (Lipinski definition) is 2. The van der Waals surface area contributed by atoms with Gasteiger partial charge in [0, 0.05) is 13.1 Å². The summed E-state index contributed by atoms with van der Waals surface area (Å²) in [5, 5.41) is 14.0. The van der Waals surface area contributed by atoms with Gasteiger partial charge in [0.15, 0.2) is 0 Å². The zero-order valence-electron chi connectivity index (χ0n) is 17.7. The number of amides is 1. The molecular weight excluding hydrogens is 364 g/mol. The van der Waals surface area contributed by atoms with Crippen molar-refractivity contribution in [2.24, 2.45) is 5.41 Å². The number of carbonyl (C=O) groups excluding carboxylic acids is 1. The van der Waals surface area contributed by atoms with Gasteiger partial charge in [-0.2, -0.15) is 0 Å². The number of para-hydroxylation sites is 1. The average molecular weight is 395 g/mol. The number of benzene rings is 2. The van der Waals surface area contributed by atoms with Crippen molar-refractivity contribution < 1.29 is 14.6 Å². The number of β-amino-alcohol motifs (C(OH)–C–C–N with tert-alkyl or cyclic N) is 1. The van der Waals surface area contributed by atoms with Crippen molar-refractivity contribution in [2.75, 3.05) is 25.5 Å². The van der Waals surface area contributed by atoms with Crippen LogP contribution in [0.3, 0.4) is 0 Å². The molecule has 4 rings (SSSR count). The Balaban J connectivity index is 1.70. The predicted molar refractivity (Wildman–Crippen MR) is 114 cm³/mol. The van der Waals surface area contributed by atoms with Crippen LogP contribution in [0.1, 0.15) is 54.7 Å². The Bertz CT molecular complexity index is 935. The second kappa shape index (κ2) is 7.06. The van der Waals surface area contributed by atoms with Crippen molar-refractivity contribution in [3.8, 4) is 5.75 Å². The molecule has 2 N–H and O–H groups in total. The van der Waals surface area contributed by atoms with Gasteiger partial charge < -0.3 is 20.1 Å². The van der Waals surface area contributed by atoms with Gasteiger partial charge in [-0.15, -0.1) is 0 Å². The van der Waals surface area contributed by atoms with E-state index in [9.17, 15) is 9.90 Å². The van der Waals surface area contributed by atoms with Crippen LogP contribution in [-0.4, -0.2) is 41.7 Å². The number of rotatable bonds is 3. The first-order valence-corrected chi connectivity index (χ1v) is 10.2. The standard InChI is InChI=1S/C24H30N2O3/c1-23(2)14-17-8-6-10-19(22(27)26-12-11-24(3,28)15-26)20(17)25-21(23)16-7-5-9-18(13-16)29-4/h5-10,13,21,25,28H,11-12,14-15H2,1-4H3. The maximum Gasteiger partial charge on any atom is 0.256 e. The van der Waals surface area contributed by atoms with Crippen LogP contribution in [0.5, 0.6) is 5.75 Å². The molecule has 2 unspecified atom stereocenters. The van der Waals surface area contributed by atoms with Gasteiger partial charge in [0.05, 0.1) is 30.0 Å². The van der Waals surface area contributed by atoms with Crippen molar-refractivity contribution in [3.63, 3.8) is 0 Å². The van der Waals surface area contributed by atoms with E-state index in [1.54, 1.807) is 18.9 Å². The van der Waals surface area contributed by atoms with Crippen LogP contribution in [0, 0.1) is 5.41 Å². The summed E-state index contributed by atoms with van der Waals surface area (Å²) in [6.45, 7) is 7.25. The van der Waals surface area contributed by atoms with E-state index in [4.69, 9.17) is 4.74 Å². The van der Waals surface area contributed by atoms with Crippen molar-refractivity contribution in [1.29, 1.82) is 0 Å². The molecule has 2 aromatic carbocycles. The number of carbonyl (C=O) groups is 1. The van der Waals surface area contributed by atoms with Crippen LogP contribution >= 0.6 is 0 Å². The minimum absolute atomic E-state index is 0.0174. The number of fused-ring (bicyclic) bond motifs is 1. The van der Waals surface area contributed by atoms with E-state index in [1.165, 1.54) is 0 Å². The number of nitrogens with zero attached hydrogens (tertiary/aromatic N) is 1. The van der Waals surface area contributed by atoms with Crippen LogP contribution in [-0.2, 0) is 6.42 Å². The number of anilines is 1. The fraction of sp³-hybridized carbons (Fsp3) is 0.458. The fourth-order valence-corrected chi connectivity index (χ4v) is 4.67. The van der Waals surface area contributed by atoms with Gasteiger partial charge in [0.25, 0.3) is 5.91 Å². The molecule has 5 heteroatoms. The van der Waals surface area contributed by atoms with Crippen molar-refractivity contribution >= 4 is 11.6 Å². The Morgan fingerprint density at radius 3 is 2.66 bits per heavy atom. The smallest absolute Gasteiger partial charge is 0.256 e. The summed E-state index contributed by atoms with van der Waals surface area (Å²) < 4.78 is 5.42. The number of methoxy groups -OCH3 is 1. The Morgan fingerprint density at radius 2 is 1.97 bits per heavy atom. The highest BCUT2D eigenvalue weighted by Gasteiger charge is 2.39. The lowest BCUT2D eigenvalue weighted by atomic mass is 9.72. The maximum absolute atomic E-state index is 13.3. The molecule has 1 amide bonds. The van der Waals surface area contributed by atoms with Gasteiger partial charge in [-0.05, 0) is 54.5 Å². The predicted octanol–water partition coefficient (Wildman–Crippen LogP) is 4.03. The molecule has 0 radical (unpaired) electrons. The molecule has 29 heavy (non-hydrogen) atoms. The largest absolute Gasteiger partial charge is 0.497 e. The van der Waals surface area contributed by atoms with Gasteiger partial charge in [-0.1, -0.05) is 38.1 Å². The lowest BCUT2D eigenvalue weighted by Crippen LogP contribution is -2.38. The SMILES string of the molecule is COc1cccc(C2Nc3c(cccc3C(=O)N3CCC(C)(O)C3)CC2(C)C)c1. The molecule has 2 heterocycles. The summed E-state index contributed by atoms with van der Waals surface area (Å²) in [6.07, 6.45) is 1.48. The summed E-state index contributed by atoms with van der Waals surface area (Å²) in [6, 6.07) is 14.1. The molecule has 0 spiro atoms. The summed E-state index contributed by atoms with van der Waals surface area (Å²) in [7, 11) is 1.68. The molecule has 2 atom stereocenters. The molecule has 1 fully saturated rings. The van der Waals surface area contributed by atoms with E-state index < -0.39 is 5.60 Å². The first kappa shape index (κ1) is 19.8. The third-order valence-corrected chi connectivity index (χ3v) is 6.26. The van der Waals surface area contributed by atoms with Gasteiger partial charge in [0.1, 0.15) is 5.75 Å². The minimum Gasteiger partial charge on any atom is -0.497 e. The first-order valence-electron chi connectivity index (χ1n) is 10.2. The molecule has 5 nitrogen and oxygen atoms in total. The topological polar surface area (TPSA) is 61.8 Å². The quantitative estimate of drug-likeness (QED) is 0.825. The highest BCUT2D eigenvalue weighted by atomic mass is 16.5. The lowest BCUT2D eigenvalue weighted by molar-refractivity contribution is 0.0572. The highest BCUT2D eigenvalue weighted by molar-refractivity contribution is 6.00. The third-order valence-electron chi connectivity index (χ3n) is 6.26. The summed E-state index contributed by atoms with van der Waals surface area (Å²) >= 11 is 0. The molecule has 0 aromatic heterocycles. The van der Waals surface area contributed by atoms with E-state index in [2.05, 4.69) is 37.4 Å². The van der Waals surface area contributed by atoms with E-state index in [0.29, 0.717) is 25.1 Å². The maximum atomic E-state index is 13.3. The lowest BCUT2D eigenvalue weighted by Gasteiger charge is -2.42. The van der Waals surface area contributed by atoms with Crippen molar-refractivity contribution in [3.05, 3.63) is 59.2 Å². The van der Waals surface area contributed by atoms with Crippen molar-refractivity contribution in [1.82, 2.24) is 4.90 Å². The van der Waals surface area contributed by atoms with Gasteiger partial charge in [-0.3, -0.25) is 4.79 Å². The van der Waals surface area contributed by atoms with Crippen LogP contribution in [0.25, 0.3) is 0 Å². The summed E-state index contributed by atoms with van der Waals surface area (Å²) in [4.78, 5) is 15.0. The molecule has 2 aliphatic rings. The third kappa shape index (κ3) is 3.71. The Kier molecular flexibility index (Phi) is 4.82. The molecule has 0 bridgehead atoms. The molecule has 2 aromatic rings. The molecule has 0 saturated carbocycles. The summed E-state index contributed by atoms with van der Waals surface area (Å²) in [5.74, 6) is 0.811. The number of aliphatic hydroxyl groups is 1. The number of ether oxygens (including phenoxy) is 1. The average Bonchev–Trinajstić information content (AvgIpc) is 3.05. The van der Waals surface area contributed by atoms with E-state index in [-0.39, 0.29) is 17.4 Å². The van der Waals surface area contributed by atoms with Crippen molar-refractivity contribution in [2.45, 2.75) is 45.3 Å². The Morgan fingerprint density at radius 1 is 1.21 bits per heavy atom. The van der Waals surface area contributed by atoms with E-state index in [1.807, 2.05) is 24.3 Å². The highest BCUT2D eigenvalue weighted by Crippen LogP contribution is 2.46. The summed E-state index contributed by atoms with van der Waals surface area (Å²) in [5.41, 5.74) is 3.07. The number of hydrogen-bond acceptors (Lipinski definition) is 4. The molecular formula is C24H30N2O3. The monoisotopic (exact) mass is 394 g/mol. The van der Waals surface area contributed by atoms with Crippen LogP contribution in [0.2, 0.25) is 0 Å². The van der Waals surface area contributed by atoms with Gasteiger partial charge in [0.2, 0.25) is 0 Å². The number of likely N-dealkylation sites (tertiary alicyclic amines) is 1. The number of nitrogens with one attached hydrogen (secondary N) is 1. The molecule has 1 saturated heterocycles. The molecule has 0 aliphatic carbocycles. The van der Waals surface area contributed by atoms with Crippen LogP contribution in [0.15, 0.2) is 42.5 Å². The molecule has 154 valence electrons. The van der Waals surface area contributed by atoms with Crippen LogP contribution in [0.4, 0.5) is 5.69 Å². The normalized spacial score (nSPS) is 25.3. The first-order chi connectivity index (χ1) is 13.7. The van der Waals surface area contributed by atoms with E-state index in [0.717, 1.165) is 29.0 Å². The Hall–Kier alpha value is -2.53. The van der Waals surface area contributed by atoms with Gasteiger partial charge in [-0.25, -0.2) is 0 Å².